The number of aromatic nitrogens is 2. The Morgan fingerprint density at radius 1 is 1.36 bits per heavy atom. The van der Waals surface area contributed by atoms with Gasteiger partial charge in [0.25, 0.3) is 5.91 Å². The molecule has 0 aliphatic carbocycles. The summed E-state index contributed by atoms with van der Waals surface area (Å²) in [5, 5.41) is 13.1. The minimum atomic E-state index is -1.18. The number of piperidine rings is 1. The molecule has 0 radical (unpaired) electrons. The molecule has 1 aromatic rings. The first kappa shape index (κ1) is 16.0. The van der Waals surface area contributed by atoms with E-state index in [2.05, 4.69) is 5.10 Å². The van der Waals surface area contributed by atoms with E-state index in [0.29, 0.717) is 32.5 Å². The first-order valence-corrected chi connectivity index (χ1v) is 7.16. The van der Waals surface area contributed by atoms with Crippen molar-refractivity contribution in [3.05, 3.63) is 17.5 Å². The van der Waals surface area contributed by atoms with Crippen LogP contribution in [0.1, 0.15) is 40.6 Å². The van der Waals surface area contributed by atoms with Crippen molar-refractivity contribution in [2.45, 2.75) is 19.8 Å². The van der Waals surface area contributed by atoms with Gasteiger partial charge in [0.15, 0.2) is 5.69 Å². The Hall–Kier alpha value is -2.38. The van der Waals surface area contributed by atoms with Crippen LogP contribution in [0.25, 0.3) is 0 Å². The van der Waals surface area contributed by atoms with Crippen molar-refractivity contribution in [1.82, 2.24) is 14.7 Å². The fraction of sp³-hybridized carbons (Fsp3) is 0.571. The van der Waals surface area contributed by atoms with Crippen molar-refractivity contribution in [3.8, 4) is 0 Å². The summed E-state index contributed by atoms with van der Waals surface area (Å²) in [5.41, 5.74) is -0.176. The summed E-state index contributed by atoms with van der Waals surface area (Å²) < 4.78 is 6.29. The summed E-state index contributed by atoms with van der Waals surface area (Å²) in [4.78, 5) is 36.8. The minimum absolute atomic E-state index is 0.0652. The van der Waals surface area contributed by atoms with Gasteiger partial charge in [-0.2, -0.15) is 5.10 Å². The van der Waals surface area contributed by atoms with Crippen molar-refractivity contribution >= 4 is 17.8 Å². The lowest BCUT2D eigenvalue weighted by Crippen LogP contribution is -2.41. The van der Waals surface area contributed by atoms with Crippen LogP contribution >= 0.6 is 0 Å². The molecule has 1 aliphatic rings. The molecular formula is C14H19N3O5. The van der Waals surface area contributed by atoms with Gasteiger partial charge in [0.2, 0.25) is 0 Å². The van der Waals surface area contributed by atoms with E-state index in [1.165, 1.54) is 15.8 Å². The molecule has 2 rings (SSSR count). The summed E-state index contributed by atoms with van der Waals surface area (Å²) in [5.74, 6) is -2.04. The van der Waals surface area contributed by atoms with E-state index in [-0.39, 0.29) is 23.1 Å². The predicted octanol–water partition coefficient (Wildman–Crippen LogP) is 0.534. The minimum Gasteiger partial charge on any atom is -0.478 e. The van der Waals surface area contributed by atoms with Gasteiger partial charge in [-0.3, -0.25) is 14.3 Å². The highest BCUT2D eigenvalue weighted by atomic mass is 16.5. The van der Waals surface area contributed by atoms with Crippen LogP contribution in [0, 0.1) is 5.92 Å². The average molecular weight is 309 g/mol. The maximum absolute atomic E-state index is 12.4. The smallest absolute Gasteiger partial charge is 0.339 e. The second-order valence-corrected chi connectivity index (χ2v) is 5.19. The zero-order valence-corrected chi connectivity index (χ0v) is 12.6. The van der Waals surface area contributed by atoms with Gasteiger partial charge in [-0.15, -0.1) is 0 Å². The maximum Gasteiger partial charge on any atom is 0.339 e. The van der Waals surface area contributed by atoms with E-state index in [9.17, 15) is 14.4 Å². The van der Waals surface area contributed by atoms with E-state index in [4.69, 9.17) is 9.84 Å². The molecule has 0 aromatic carbocycles. The first-order chi connectivity index (χ1) is 10.4. The van der Waals surface area contributed by atoms with Crippen LogP contribution < -0.4 is 0 Å². The van der Waals surface area contributed by atoms with Gasteiger partial charge in [0.05, 0.1) is 12.5 Å². The number of carbonyl (C=O) groups excluding carboxylic acids is 2. The van der Waals surface area contributed by atoms with Crippen molar-refractivity contribution in [2.24, 2.45) is 13.0 Å². The number of nitrogens with zero attached hydrogens (tertiary/aromatic N) is 3. The second-order valence-electron chi connectivity index (χ2n) is 5.19. The molecule has 2 heterocycles. The summed E-state index contributed by atoms with van der Waals surface area (Å²) >= 11 is 0. The fourth-order valence-electron chi connectivity index (χ4n) is 2.53. The van der Waals surface area contributed by atoms with Gasteiger partial charge in [0.1, 0.15) is 5.56 Å². The molecule has 1 aromatic heterocycles. The molecule has 1 fully saturated rings. The van der Waals surface area contributed by atoms with E-state index in [1.807, 2.05) is 0 Å². The monoisotopic (exact) mass is 309 g/mol. The number of rotatable bonds is 4. The lowest BCUT2D eigenvalue weighted by atomic mass is 9.96. The van der Waals surface area contributed by atoms with Crippen molar-refractivity contribution < 1.29 is 24.2 Å². The number of ether oxygens (including phenoxy) is 1. The number of esters is 1. The number of hydrogen-bond donors (Lipinski definition) is 1. The SMILES string of the molecule is CCOC(=O)C1CCN(C(=O)c2nn(C)cc2C(=O)O)CC1. The van der Waals surface area contributed by atoms with Gasteiger partial charge in [-0.05, 0) is 19.8 Å². The fourth-order valence-corrected chi connectivity index (χ4v) is 2.53. The highest BCUT2D eigenvalue weighted by Crippen LogP contribution is 2.21. The Kier molecular flexibility index (Phi) is 4.79. The molecule has 0 saturated carbocycles. The number of carboxylic acids is 1. The summed E-state index contributed by atoms with van der Waals surface area (Å²) in [6.07, 6.45) is 2.33. The maximum atomic E-state index is 12.4. The van der Waals surface area contributed by atoms with Crippen molar-refractivity contribution in [2.75, 3.05) is 19.7 Å². The van der Waals surface area contributed by atoms with E-state index < -0.39 is 11.9 Å². The number of carbonyl (C=O) groups is 3. The molecule has 1 aliphatic heterocycles. The largest absolute Gasteiger partial charge is 0.478 e. The van der Waals surface area contributed by atoms with Crippen LogP contribution in [0.5, 0.6) is 0 Å². The second kappa shape index (κ2) is 6.59. The molecule has 0 bridgehead atoms. The van der Waals surface area contributed by atoms with Gasteiger partial charge in [-0.25, -0.2) is 4.79 Å². The number of carboxylic acid groups (broad SMARTS) is 1. The third-order valence-corrected chi connectivity index (χ3v) is 3.66. The van der Waals surface area contributed by atoms with E-state index >= 15 is 0 Å². The van der Waals surface area contributed by atoms with Crippen LogP contribution in [-0.4, -0.2) is 57.3 Å². The molecule has 1 amide bonds. The van der Waals surface area contributed by atoms with Gasteiger partial charge < -0.3 is 14.7 Å². The molecule has 1 N–H and O–H groups in total. The number of likely N-dealkylation sites (tertiary alicyclic amines) is 1. The Morgan fingerprint density at radius 3 is 2.55 bits per heavy atom. The van der Waals surface area contributed by atoms with Crippen molar-refractivity contribution in [1.29, 1.82) is 0 Å². The molecule has 1 saturated heterocycles. The highest BCUT2D eigenvalue weighted by Gasteiger charge is 2.31. The van der Waals surface area contributed by atoms with Crippen molar-refractivity contribution in [3.63, 3.8) is 0 Å². The lowest BCUT2D eigenvalue weighted by molar-refractivity contribution is -0.149. The van der Waals surface area contributed by atoms with Crippen LogP contribution in [0.2, 0.25) is 0 Å². The molecule has 0 unspecified atom stereocenters. The van der Waals surface area contributed by atoms with Crippen LogP contribution in [0.15, 0.2) is 6.20 Å². The van der Waals surface area contributed by atoms with Gasteiger partial charge in [-0.1, -0.05) is 0 Å². The van der Waals surface area contributed by atoms with Gasteiger partial charge >= 0.3 is 11.9 Å². The normalized spacial score (nSPS) is 15.6. The summed E-state index contributed by atoms with van der Waals surface area (Å²) in [6, 6.07) is 0. The number of aromatic carboxylic acids is 1. The van der Waals surface area contributed by atoms with Crippen LogP contribution in [-0.2, 0) is 16.6 Å². The molecule has 8 nitrogen and oxygen atoms in total. The molecule has 0 spiro atoms. The molecule has 22 heavy (non-hydrogen) atoms. The molecule has 8 heteroatoms. The Labute approximate surface area is 127 Å². The summed E-state index contributed by atoms with van der Waals surface area (Å²) in [7, 11) is 1.57. The zero-order valence-electron chi connectivity index (χ0n) is 12.6. The third-order valence-electron chi connectivity index (χ3n) is 3.66. The predicted molar refractivity (Wildman–Crippen MR) is 75.4 cm³/mol. The Morgan fingerprint density at radius 2 is 2.00 bits per heavy atom. The molecule has 120 valence electrons. The number of aryl methyl sites for hydroxylation is 1. The van der Waals surface area contributed by atoms with E-state index in [1.54, 1.807) is 14.0 Å². The molecule has 0 atom stereocenters. The topological polar surface area (TPSA) is 102 Å². The van der Waals surface area contributed by atoms with Crippen LogP contribution in [0.3, 0.4) is 0 Å². The van der Waals surface area contributed by atoms with Crippen LogP contribution in [0.4, 0.5) is 0 Å². The Balaban J connectivity index is 2.04. The van der Waals surface area contributed by atoms with Gasteiger partial charge in [0, 0.05) is 26.3 Å². The average Bonchev–Trinajstić information content (AvgIpc) is 2.89. The van der Waals surface area contributed by atoms with E-state index in [0.717, 1.165) is 0 Å². The quantitative estimate of drug-likeness (QED) is 0.814. The first-order valence-electron chi connectivity index (χ1n) is 7.16. The Bertz CT molecular complexity index is 587. The number of amides is 1. The lowest BCUT2D eigenvalue weighted by Gasteiger charge is -2.30. The molecular weight excluding hydrogens is 290 g/mol. The highest BCUT2D eigenvalue weighted by molar-refractivity contribution is 6.03. The third kappa shape index (κ3) is 3.26. The standard InChI is InChI=1S/C14H19N3O5/c1-3-22-14(21)9-4-6-17(7-5-9)12(18)11-10(13(19)20)8-16(2)15-11/h8-9H,3-7H2,1-2H3,(H,19,20). The summed E-state index contributed by atoms with van der Waals surface area (Å²) in [6.45, 7) is 2.87. The zero-order chi connectivity index (χ0) is 16.3. The number of hydrogen-bond acceptors (Lipinski definition) is 5.